The van der Waals surface area contributed by atoms with Gasteiger partial charge in [0.05, 0.1) is 0 Å². The summed E-state index contributed by atoms with van der Waals surface area (Å²) in [5.74, 6) is -0.842. The fraction of sp³-hybridized carbons (Fsp3) is 0.818. The smallest absolute Gasteiger partial charge is 0.317 e. The van der Waals surface area contributed by atoms with Gasteiger partial charge in [0.15, 0.2) is 0 Å². The number of aliphatic carboxylic acids is 1. The number of carbonyl (C=O) groups is 2. The summed E-state index contributed by atoms with van der Waals surface area (Å²) in [6.07, 6.45) is 3.43. The average Bonchev–Trinajstić information content (AvgIpc) is 2.26. The molecule has 0 saturated carbocycles. The number of carboxylic acids is 1. The predicted molar refractivity (Wildman–Crippen MR) is 60.2 cm³/mol. The van der Waals surface area contributed by atoms with E-state index in [4.69, 9.17) is 5.11 Å². The first kappa shape index (κ1) is 12.8. The fourth-order valence-corrected chi connectivity index (χ4v) is 1.84. The number of nitrogens with one attached hydrogen (secondary N) is 1. The Labute approximate surface area is 95.8 Å². The molecule has 5 nitrogen and oxygen atoms in total. The van der Waals surface area contributed by atoms with Crippen molar-refractivity contribution in [2.24, 2.45) is 5.92 Å². The summed E-state index contributed by atoms with van der Waals surface area (Å²) in [7, 11) is 0. The highest BCUT2D eigenvalue weighted by molar-refractivity contribution is 5.74. The third kappa shape index (κ3) is 4.51. The molecule has 92 valence electrons. The van der Waals surface area contributed by atoms with E-state index in [1.165, 1.54) is 6.42 Å². The quantitative estimate of drug-likeness (QED) is 0.761. The Hall–Kier alpha value is -1.26. The van der Waals surface area contributed by atoms with Crippen LogP contribution in [-0.4, -0.2) is 41.6 Å². The molecule has 2 amide bonds. The lowest BCUT2D eigenvalue weighted by molar-refractivity contribution is -0.137. The Morgan fingerprint density at radius 2 is 1.94 bits per heavy atom. The Balaban J connectivity index is 2.20. The first-order valence-electron chi connectivity index (χ1n) is 5.84. The molecule has 0 aromatic heterocycles. The maximum Gasteiger partial charge on any atom is 0.317 e. The van der Waals surface area contributed by atoms with E-state index in [1.807, 2.05) is 6.92 Å². The van der Waals surface area contributed by atoms with Gasteiger partial charge < -0.3 is 15.3 Å². The highest BCUT2D eigenvalue weighted by Gasteiger charge is 2.17. The molecule has 2 N–H and O–H groups in total. The minimum Gasteiger partial charge on any atom is -0.481 e. The predicted octanol–water partition coefficient (Wildman–Crippen LogP) is 1.29. The van der Waals surface area contributed by atoms with Crippen LogP contribution in [0.2, 0.25) is 0 Å². The van der Waals surface area contributed by atoms with Crippen molar-refractivity contribution in [3.05, 3.63) is 0 Å². The number of piperidine rings is 1. The first-order chi connectivity index (χ1) is 7.59. The Bertz CT molecular complexity index is 250. The summed E-state index contributed by atoms with van der Waals surface area (Å²) in [6, 6.07) is -0.0584. The van der Waals surface area contributed by atoms with Crippen molar-refractivity contribution in [1.82, 2.24) is 10.2 Å². The second kappa shape index (κ2) is 6.35. The van der Waals surface area contributed by atoms with Gasteiger partial charge in [-0.1, -0.05) is 6.92 Å². The van der Waals surface area contributed by atoms with Gasteiger partial charge in [0.2, 0.25) is 0 Å². The Morgan fingerprint density at radius 1 is 1.31 bits per heavy atom. The van der Waals surface area contributed by atoms with Crippen LogP contribution in [0.25, 0.3) is 0 Å². The van der Waals surface area contributed by atoms with Crippen LogP contribution in [0.4, 0.5) is 4.79 Å². The van der Waals surface area contributed by atoms with Crippen molar-refractivity contribution in [2.75, 3.05) is 19.6 Å². The summed E-state index contributed by atoms with van der Waals surface area (Å²) in [5, 5.41) is 11.4. The Morgan fingerprint density at radius 3 is 2.50 bits per heavy atom. The molecular weight excluding hydrogens is 208 g/mol. The first-order valence-corrected chi connectivity index (χ1v) is 5.84. The summed E-state index contributed by atoms with van der Waals surface area (Å²) < 4.78 is 0. The number of rotatable bonds is 4. The largest absolute Gasteiger partial charge is 0.481 e. The van der Waals surface area contributed by atoms with Crippen LogP contribution in [0.15, 0.2) is 0 Å². The summed E-state index contributed by atoms with van der Waals surface area (Å²) >= 11 is 0. The molecule has 1 fully saturated rings. The lowest BCUT2D eigenvalue weighted by Crippen LogP contribution is -2.44. The van der Waals surface area contributed by atoms with Crippen LogP contribution in [0.5, 0.6) is 0 Å². The van der Waals surface area contributed by atoms with Gasteiger partial charge >= 0.3 is 12.0 Å². The minimum atomic E-state index is -0.820. The van der Waals surface area contributed by atoms with E-state index in [2.05, 4.69) is 5.32 Å². The lowest BCUT2D eigenvalue weighted by atomic mass is 10.1. The van der Waals surface area contributed by atoms with Gasteiger partial charge in [-0.15, -0.1) is 0 Å². The van der Waals surface area contributed by atoms with Crippen molar-refractivity contribution in [1.29, 1.82) is 0 Å². The summed E-state index contributed by atoms with van der Waals surface area (Å²) in [5.41, 5.74) is 0. The number of carboxylic acid groups (broad SMARTS) is 1. The van der Waals surface area contributed by atoms with Crippen molar-refractivity contribution in [2.45, 2.75) is 32.6 Å². The molecule has 5 heteroatoms. The zero-order chi connectivity index (χ0) is 12.0. The van der Waals surface area contributed by atoms with E-state index in [1.54, 1.807) is 4.90 Å². The number of amides is 2. The monoisotopic (exact) mass is 228 g/mol. The van der Waals surface area contributed by atoms with Gasteiger partial charge in [0.25, 0.3) is 0 Å². The van der Waals surface area contributed by atoms with Crippen LogP contribution >= 0.6 is 0 Å². The highest BCUT2D eigenvalue weighted by atomic mass is 16.4. The molecule has 1 aliphatic heterocycles. The topological polar surface area (TPSA) is 69.6 Å². The number of hydrogen-bond donors (Lipinski definition) is 2. The fourth-order valence-electron chi connectivity index (χ4n) is 1.84. The van der Waals surface area contributed by atoms with Gasteiger partial charge in [-0.3, -0.25) is 4.79 Å². The maximum absolute atomic E-state index is 11.7. The van der Waals surface area contributed by atoms with Gasteiger partial charge in [-0.25, -0.2) is 4.79 Å². The summed E-state index contributed by atoms with van der Waals surface area (Å²) in [6.45, 7) is 3.89. The molecule has 1 unspecified atom stereocenters. The molecule has 16 heavy (non-hydrogen) atoms. The Kier molecular flexibility index (Phi) is 5.08. The average molecular weight is 228 g/mol. The van der Waals surface area contributed by atoms with Crippen molar-refractivity contribution < 1.29 is 14.7 Å². The molecular formula is C11H20N2O3. The molecule has 1 heterocycles. The number of carbonyl (C=O) groups excluding carboxylic acids is 1. The molecule has 1 saturated heterocycles. The van der Waals surface area contributed by atoms with Gasteiger partial charge in [0.1, 0.15) is 0 Å². The van der Waals surface area contributed by atoms with Gasteiger partial charge in [-0.05, 0) is 25.2 Å². The molecule has 1 atom stereocenters. The molecule has 0 aromatic carbocycles. The maximum atomic E-state index is 11.7. The van der Waals surface area contributed by atoms with Crippen LogP contribution in [-0.2, 0) is 4.79 Å². The van der Waals surface area contributed by atoms with Gasteiger partial charge in [-0.2, -0.15) is 0 Å². The summed E-state index contributed by atoms with van der Waals surface area (Å²) in [4.78, 5) is 23.9. The van der Waals surface area contributed by atoms with E-state index < -0.39 is 5.97 Å². The third-order valence-corrected chi connectivity index (χ3v) is 2.77. The highest BCUT2D eigenvalue weighted by Crippen LogP contribution is 2.08. The van der Waals surface area contributed by atoms with E-state index in [-0.39, 0.29) is 18.4 Å². The van der Waals surface area contributed by atoms with Crippen molar-refractivity contribution >= 4 is 12.0 Å². The van der Waals surface area contributed by atoms with Crippen molar-refractivity contribution in [3.63, 3.8) is 0 Å². The van der Waals surface area contributed by atoms with E-state index in [0.29, 0.717) is 6.54 Å². The van der Waals surface area contributed by atoms with Crippen LogP contribution in [0, 0.1) is 5.92 Å². The molecule has 1 aliphatic rings. The second-order valence-corrected chi connectivity index (χ2v) is 4.44. The van der Waals surface area contributed by atoms with Crippen LogP contribution < -0.4 is 5.32 Å². The molecule has 0 spiro atoms. The van der Waals surface area contributed by atoms with Crippen LogP contribution in [0.1, 0.15) is 32.6 Å². The van der Waals surface area contributed by atoms with E-state index in [0.717, 1.165) is 25.9 Å². The van der Waals surface area contributed by atoms with E-state index >= 15 is 0 Å². The zero-order valence-electron chi connectivity index (χ0n) is 9.74. The molecule has 0 aliphatic carbocycles. The molecule has 0 bridgehead atoms. The molecule has 0 aromatic rings. The number of nitrogens with zero attached hydrogens (tertiary/aromatic N) is 1. The number of urea groups is 1. The number of hydrogen-bond acceptors (Lipinski definition) is 2. The van der Waals surface area contributed by atoms with Crippen LogP contribution in [0.3, 0.4) is 0 Å². The van der Waals surface area contributed by atoms with Gasteiger partial charge in [0, 0.05) is 26.1 Å². The zero-order valence-corrected chi connectivity index (χ0v) is 9.74. The normalized spacial score (nSPS) is 17.9. The van der Waals surface area contributed by atoms with Crippen molar-refractivity contribution in [3.8, 4) is 0 Å². The standard InChI is InChI=1S/C11H20N2O3/c1-9(7-10(14)15)8-12-11(16)13-5-3-2-4-6-13/h9H,2-8H2,1H3,(H,12,16)(H,14,15). The molecule has 0 radical (unpaired) electrons. The lowest BCUT2D eigenvalue weighted by Gasteiger charge is -2.27. The number of likely N-dealkylation sites (tertiary alicyclic amines) is 1. The SMILES string of the molecule is CC(CNC(=O)N1CCCCC1)CC(=O)O. The third-order valence-electron chi connectivity index (χ3n) is 2.77. The minimum absolute atomic E-state index is 0.0220. The van der Waals surface area contributed by atoms with E-state index in [9.17, 15) is 9.59 Å². The second-order valence-electron chi connectivity index (χ2n) is 4.44. The molecule has 1 rings (SSSR count).